The topological polar surface area (TPSA) is 61.2 Å². The highest BCUT2D eigenvalue weighted by atomic mass is 16.5. The van der Waals surface area contributed by atoms with Crippen LogP contribution in [-0.2, 0) is 0 Å². The predicted molar refractivity (Wildman–Crippen MR) is 100 cm³/mol. The second kappa shape index (κ2) is 9.10. The minimum absolute atomic E-state index is 0.130. The van der Waals surface area contributed by atoms with Gasteiger partial charge in [-0.15, -0.1) is 0 Å². The van der Waals surface area contributed by atoms with Gasteiger partial charge in [-0.25, -0.2) is 0 Å². The van der Waals surface area contributed by atoms with Gasteiger partial charge in [0.25, 0.3) is 5.91 Å². The molecule has 0 bridgehead atoms. The van der Waals surface area contributed by atoms with Crippen LogP contribution in [0.1, 0.15) is 22.0 Å². The molecule has 2 N–H and O–H groups in total. The molecular formula is C20H27N2O4+. The summed E-state index contributed by atoms with van der Waals surface area (Å²) in [6, 6.07) is 13.2. The summed E-state index contributed by atoms with van der Waals surface area (Å²) < 4.78 is 15.7. The maximum atomic E-state index is 12.5. The van der Waals surface area contributed by atoms with Crippen LogP contribution in [0, 0.1) is 0 Å². The Morgan fingerprint density at radius 1 is 0.962 bits per heavy atom. The third-order valence-corrected chi connectivity index (χ3v) is 4.33. The first-order valence-corrected chi connectivity index (χ1v) is 8.44. The zero-order chi connectivity index (χ0) is 19.1. The van der Waals surface area contributed by atoms with Crippen LogP contribution < -0.4 is 24.4 Å². The molecule has 6 nitrogen and oxygen atoms in total. The van der Waals surface area contributed by atoms with Crippen molar-refractivity contribution < 1.29 is 23.9 Å². The fourth-order valence-electron chi connectivity index (χ4n) is 2.77. The van der Waals surface area contributed by atoms with Crippen molar-refractivity contribution in [3.8, 4) is 17.2 Å². The summed E-state index contributed by atoms with van der Waals surface area (Å²) in [6.45, 7) is 0.516. The Hall–Kier alpha value is -2.73. The predicted octanol–water partition coefficient (Wildman–Crippen LogP) is 1.33. The third kappa shape index (κ3) is 4.67. The molecule has 1 atom stereocenters. The Morgan fingerprint density at radius 2 is 1.62 bits per heavy atom. The smallest absolute Gasteiger partial charge is 0.251 e. The first kappa shape index (κ1) is 19.6. The normalized spacial score (nSPS) is 11.8. The summed E-state index contributed by atoms with van der Waals surface area (Å²) in [4.78, 5) is 13.8. The molecule has 1 amide bonds. The molecule has 0 spiro atoms. The largest absolute Gasteiger partial charge is 0.497 e. The van der Waals surface area contributed by atoms with Crippen molar-refractivity contribution in [2.45, 2.75) is 6.04 Å². The maximum Gasteiger partial charge on any atom is 0.251 e. The van der Waals surface area contributed by atoms with Gasteiger partial charge in [0.05, 0.1) is 42.0 Å². The molecule has 26 heavy (non-hydrogen) atoms. The van der Waals surface area contributed by atoms with Gasteiger partial charge in [0.2, 0.25) is 0 Å². The van der Waals surface area contributed by atoms with Gasteiger partial charge < -0.3 is 24.4 Å². The van der Waals surface area contributed by atoms with Gasteiger partial charge >= 0.3 is 0 Å². The maximum absolute atomic E-state index is 12.5. The number of benzene rings is 2. The summed E-state index contributed by atoms with van der Waals surface area (Å²) in [6.07, 6.45) is 0. The van der Waals surface area contributed by atoms with Gasteiger partial charge in [-0.2, -0.15) is 0 Å². The van der Waals surface area contributed by atoms with Crippen LogP contribution in [0.15, 0.2) is 42.5 Å². The van der Waals surface area contributed by atoms with Crippen molar-refractivity contribution in [3.05, 3.63) is 53.6 Å². The second-order valence-electron chi connectivity index (χ2n) is 6.18. The van der Waals surface area contributed by atoms with Crippen LogP contribution in [0.3, 0.4) is 0 Å². The Labute approximate surface area is 154 Å². The van der Waals surface area contributed by atoms with Crippen LogP contribution in [-0.4, -0.2) is 47.9 Å². The summed E-state index contributed by atoms with van der Waals surface area (Å²) in [5, 5.41) is 3.01. The molecule has 0 heterocycles. The average Bonchev–Trinajstić information content (AvgIpc) is 2.67. The van der Waals surface area contributed by atoms with E-state index in [4.69, 9.17) is 14.2 Å². The standard InChI is InChI=1S/C20H26N2O4/c1-22(2)17(14-6-9-16(24-3)10-7-14)13-21-20(23)15-8-11-18(25-4)19(12-15)26-5/h6-12,17H,13H2,1-5H3,(H,21,23)/p+1/t17-/m1/s1. The summed E-state index contributed by atoms with van der Waals surface area (Å²) in [5.74, 6) is 1.80. The molecule has 0 radical (unpaired) electrons. The van der Waals surface area contributed by atoms with E-state index in [1.807, 2.05) is 24.3 Å². The number of hydrogen-bond acceptors (Lipinski definition) is 4. The van der Waals surface area contributed by atoms with E-state index < -0.39 is 0 Å². The fraction of sp³-hybridized carbons (Fsp3) is 0.350. The Morgan fingerprint density at radius 3 is 2.15 bits per heavy atom. The number of methoxy groups -OCH3 is 3. The summed E-state index contributed by atoms with van der Waals surface area (Å²) in [7, 11) is 8.90. The van der Waals surface area contributed by atoms with Crippen molar-refractivity contribution in [1.29, 1.82) is 0 Å². The van der Waals surface area contributed by atoms with E-state index >= 15 is 0 Å². The Bertz CT molecular complexity index is 729. The number of carbonyl (C=O) groups excluding carboxylic acids is 1. The minimum Gasteiger partial charge on any atom is -0.497 e. The number of amides is 1. The lowest BCUT2D eigenvalue weighted by Crippen LogP contribution is -3.07. The van der Waals surface area contributed by atoms with Gasteiger partial charge in [-0.05, 0) is 42.5 Å². The molecule has 0 unspecified atom stereocenters. The minimum atomic E-state index is -0.147. The van der Waals surface area contributed by atoms with Crippen LogP contribution in [0.4, 0.5) is 0 Å². The molecule has 0 saturated carbocycles. The highest BCUT2D eigenvalue weighted by molar-refractivity contribution is 5.94. The molecule has 0 saturated heterocycles. The van der Waals surface area contributed by atoms with Crippen LogP contribution in [0.2, 0.25) is 0 Å². The van der Waals surface area contributed by atoms with Gasteiger partial charge in [0.1, 0.15) is 11.8 Å². The lowest BCUT2D eigenvalue weighted by Gasteiger charge is -2.22. The molecule has 6 heteroatoms. The van der Waals surface area contributed by atoms with Gasteiger partial charge in [-0.1, -0.05) is 0 Å². The monoisotopic (exact) mass is 359 g/mol. The molecule has 0 aromatic heterocycles. The molecular weight excluding hydrogens is 332 g/mol. The van der Waals surface area contributed by atoms with Crippen LogP contribution in [0.25, 0.3) is 0 Å². The fourth-order valence-corrected chi connectivity index (χ4v) is 2.77. The van der Waals surface area contributed by atoms with E-state index in [9.17, 15) is 4.79 Å². The van der Waals surface area contributed by atoms with E-state index in [2.05, 4.69) is 19.4 Å². The number of carbonyl (C=O) groups is 1. The molecule has 2 aromatic rings. The number of hydrogen-bond donors (Lipinski definition) is 2. The molecule has 0 aliphatic heterocycles. The van der Waals surface area contributed by atoms with Crippen LogP contribution >= 0.6 is 0 Å². The molecule has 0 aliphatic rings. The van der Waals surface area contributed by atoms with E-state index in [0.717, 1.165) is 11.3 Å². The molecule has 2 aromatic carbocycles. The van der Waals surface area contributed by atoms with E-state index in [0.29, 0.717) is 23.6 Å². The third-order valence-electron chi connectivity index (χ3n) is 4.33. The van der Waals surface area contributed by atoms with Crippen molar-refractivity contribution in [2.24, 2.45) is 0 Å². The molecule has 0 aliphatic carbocycles. The lowest BCUT2D eigenvalue weighted by molar-refractivity contribution is -0.890. The van der Waals surface area contributed by atoms with Crippen molar-refractivity contribution in [1.82, 2.24) is 5.32 Å². The zero-order valence-corrected chi connectivity index (χ0v) is 16.0. The lowest BCUT2D eigenvalue weighted by atomic mass is 10.1. The zero-order valence-electron chi connectivity index (χ0n) is 16.0. The SMILES string of the molecule is COc1ccc([C@@H](CNC(=O)c2ccc(OC)c(OC)c2)[NH+](C)C)cc1. The molecule has 0 fully saturated rings. The van der Waals surface area contributed by atoms with Gasteiger partial charge in [0, 0.05) is 11.1 Å². The first-order chi connectivity index (χ1) is 12.5. The highest BCUT2D eigenvalue weighted by Crippen LogP contribution is 2.27. The van der Waals surface area contributed by atoms with E-state index in [1.165, 1.54) is 4.90 Å². The number of rotatable bonds is 8. The molecule has 2 rings (SSSR count). The first-order valence-electron chi connectivity index (χ1n) is 8.44. The highest BCUT2D eigenvalue weighted by Gasteiger charge is 2.20. The second-order valence-corrected chi connectivity index (χ2v) is 6.18. The van der Waals surface area contributed by atoms with Crippen molar-refractivity contribution in [3.63, 3.8) is 0 Å². The molecule has 140 valence electrons. The van der Waals surface area contributed by atoms with Crippen molar-refractivity contribution in [2.75, 3.05) is 42.0 Å². The summed E-state index contributed by atoms with van der Waals surface area (Å²) >= 11 is 0. The Kier molecular flexibility index (Phi) is 6.86. The van der Waals surface area contributed by atoms with E-state index in [1.54, 1.807) is 39.5 Å². The Balaban J connectivity index is 2.09. The number of quaternary nitrogens is 1. The van der Waals surface area contributed by atoms with E-state index in [-0.39, 0.29) is 11.9 Å². The van der Waals surface area contributed by atoms with Crippen LogP contribution in [0.5, 0.6) is 17.2 Å². The quantitative estimate of drug-likeness (QED) is 0.747. The number of nitrogens with one attached hydrogen (secondary N) is 2. The number of likely N-dealkylation sites (N-methyl/N-ethyl adjacent to an activating group) is 1. The van der Waals surface area contributed by atoms with Gasteiger partial charge in [-0.3, -0.25) is 4.79 Å². The average molecular weight is 359 g/mol. The summed E-state index contributed by atoms with van der Waals surface area (Å²) in [5.41, 5.74) is 1.67. The van der Waals surface area contributed by atoms with Gasteiger partial charge in [0.15, 0.2) is 11.5 Å². The number of ether oxygens (including phenoxy) is 3. The van der Waals surface area contributed by atoms with Crippen molar-refractivity contribution >= 4 is 5.91 Å².